The van der Waals surface area contributed by atoms with Gasteiger partial charge < -0.3 is 5.32 Å². The lowest BCUT2D eigenvalue weighted by Gasteiger charge is -2.10. The number of nitriles is 1. The van der Waals surface area contributed by atoms with Gasteiger partial charge in [-0.1, -0.05) is 11.5 Å². The predicted molar refractivity (Wildman–Crippen MR) is 40.2 cm³/mol. The summed E-state index contributed by atoms with van der Waals surface area (Å²) in [4.78, 5) is 0. The lowest BCUT2D eigenvalue weighted by atomic mass is 9.92. The monoisotopic (exact) mass is 130 g/mol. The van der Waals surface area contributed by atoms with Gasteiger partial charge in [-0.3, -0.25) is 0 Å². The van der Waals surface area contributed by atoms with Gasteiger partial charge in [0, 0.05) is 6.54 Å². The normalized spacial score (nSPS) is 16.3. The van der Waals surface area contributed by atoms with Gasteiger partial charge in [0.15, 0.2) is 0 Å². The van der Waals surface area contributed by atoms with Crippen LogP contribution in [-0.2, 0) is 0 Å². The highest BCUT2D eigenvalue weighted by molar-refractivity contribution is 6.23. The van der Waals surface area contributed by atoms with E-state index in [1.54, 1.807) is 6.20 Å². The molecule has 1 N–H and O–H groups in total. The first-order valence-corrected chi connectivity index (χ1v) is 3.08. The summed E-state index contributed by atoms with van der Waals surface area (Å²) in [5.74, 6) is 0. The summed E-state index contributed by atoms with van der Waals surface area (Å²) in [5.41, 5.74) is 1.74. The molecule has 3 heteroatoms. The van der Waals surface area contributed by atoms with Gasteiger partial charge in [0.2, 0.25) is 0 Å². The minimum atomic E-state index is 0.460. The summed E-state index contributed by atoms with van der Waals surface area (Å²) in [7, 11) is 5.47. The third-order valence-electron chi connectivity index (χ3n) is 1.27. The number of nitrogens with one attached hydrogen (secondary N) is 1. The van der Waals surface area contributed by atoms with Crippen LogP contribution in [0.1, 0.15) is 6.42 Å². The van der Waals surface area contributed by atoms with Crippen LogP contribution in [0, 0.1) is 11.3 Å². The molecule has 0 fully saturated rings. The smallest absolute Gasteiger partial charge is 0.115 e. The van der Waals surface area contributed by atoms with E-state index in [1.165, 1.54) is 0 Å². The van der Waals surface area contributed by atoms with Crippen LogP contribution in [0.3, 0.4) is 0 Å². The number of nitrogens with zero attached hydrogens (tertiary/aromatic N) is 1. The lowest BCUT2D eigenvalue weighted by Crippen LogP contribution is -2.14. The van der Waals surface area contributed by atoms with E-state index >= 15 is 0 Å². The molecular weight excluding hydrogens is 123 g/mol. The van der Waals surface area contributed by atoms with Crippen molar-refractivity contribution in [2.24, 2.45) is 0 Å². The fourth-order valence-electron chi connectivity index (χ4n) is 0.843. The molecule has 1 heterocycles. The average Bonchev–Trinajstić information content (AvgIpc) is 1.88. The predicted octanol–water partition coefficient (Wildman–Crippen LogP) is 0.440. The van der Waals surface area contributed by atoms with Crippen molar-refractivity contribution in [2.45, 2.75) is 6.42 Å². The zero-order chi connectivity index (χ0) is 7.40. The van der Waals surface area contributed by atoms with Gasteiger partial charge in [0.25, 0.3) is 0 Å². The molecule has 0 aromatic heterocycles. The van der Waals surface area contributed by atoms with E-state index in [9.17, 15) is 0 Å². The first-order chi connectivity index (χ1) is 4.83. The Balaban J connectivity index is 2.62. The van der Waals surface area contributed by atoms with E-state index in [-0.39, 0.29) is 0 Å². The number of dihydropyridines is 1. The molecule has 0 amide bonds. The van der Waals surface area contributed by atoms with Gasteiger partial charge in [-0.2, -0.15) is 5.26 Å². The Labute approximate surface area is 61.6 Å². The summed E-state index contributed by atoms with van der Waals surface area (Å²) in [6, 6.07) is 2.07. The van der Waals surface area contributed by atoms with E-state index in [4.69, 9.17) is 13.1 Å². The molecule has 0 saturated heterocycles. The Hall–Kier alpha value is -1.17. The van der Waals surface area contributed by atoms with E-state index in [1.807, 2.05) is 6.08 Å². The number of rotatable bonds is 1. The molecule has 0 aliphatic carbocycles. The van der Waals surface area contributed by atoms with Crippen molar-refractivity contribution in [1.29, 1.82) is 5.26 Å². The quantitative estimate of drug-likeness (QED) is 0.522. The maximum absolute atomic E-state index is 8.33. The molecule has 2 radical (unpaired) electrons. The van der Waals surface area contributed by atoms with Crippen LogP contribution in [0.4, 0.5) is 0 Å². The van der Waals surface area contributed by atoms with Crippen LogP contribution in [0.15, 0.2) is 23.3 Å². The first-order valence-electron chi connectivity index (χ1n) is 3.08. The van der Waals surface area contributed by atoms with Crippen LogP contribution in [-0.4, -0.2) is 14.4 Å². The summed E-state index contributed by atoms with van der Waals surface area (Å²) in [5, 5.41) is 11.3. The minimum Gasteiger partial charge on any atom is -0.388 e. The minimum absolute atomic E-state index is 0.460. The zero-order valence-electron chi connectivity index (χ0n) is 5.59. The second-order valence-electron chi connectivity index (χ2n) is 2.16. The van der Waals surface area contributed by atoms with Crippen LogP contribution < -0.4 is 5.32 Å². The van der Waals surface area contributed by atoms with E-state index < -0.39 is 0 Å². The van der Waals surface area contributed by atoms with Crippen LogP contribution in [0.5, 0.6) is 0 Å². The Kier molecular flexibility index (Phi) is 2.17. The molecular formula is C7H7BN2. The third kappa shape index (κ3) is 1.66. The second kappa shape index (κ2) is 3.12. The van der Waals surface area contributed by atoms with E-state index in [2.05, 4.69) is 11.4 Å². The zero-order valence-corrected chi connectivity index (χ0v) is 5.59. The summed E-state index contributed by atoms with van der Waals surface area (Å²) < 4.78 is 0. The van der Waals surface area contributed by atoms with Crippen LogP contribution >= 0.6 is 0 Å². The molecule has 1 aliphatic rings. The molecule has 0 aromatic rings. The van der Waals surface area contributed by atoms with E-state index in [0.29, 0.717) is 11.9 Å². The molecule has 0 bridgehead atoms. The standard InChI is InChI=1S/C7H7BN2/c8-7-3-6(1-2-9)4-10-5-7/h3,5,10H,1,4H2. The maximum Gasteiger partial charge on any atom is 0.115 e. The molecule has 10 heavy (non-hydrogen) atoms. The largest absolute Gasteiger partial charge is 0.388 e. The number of hydrogen-bond acceptors (Lipinski definition) is 2. The Morgan fingerprint density at radius 2 is 2.60 bits per heavy atom. The van der Waals surface area contributed by atoms with Gasteiger partial charge >= 0.3 is 0 Å². The Morgan fingerprint density at radius 1 is 1.80 bits per heavy atom. The molecule has 48 valence electrons. The fourth-order valence-corrected chi connectivity index (χ4v) is 0.843. The Morgan fingerprint density at radius 3 is 3.20 bits per heavy atom. The molecule has 0 aromatic carbocycles. The highest BCUT2D eigenvalue weighted by atomic mass is 14.8. The van der Waals surface area contributed by atoms with Crippen LogP contribution in [0.25, 0.3) is 0 Å². The fraction of sp³-hybridized carbons (Fsp3) is 0.286. The highest BCUT2D eigenvalue weighted by Crippen LogP contribution is 2.06. The molecule has 0 saturated carbocycles. The molecule has 0 spiro atoms. The summed E-state index contributed by atoms with van der Waals surface area (Å²) in [6.07, 6.45) is 4.03. The van der Waals surface area contributed by atoms with Crippen molar-refractivity contribution in [2.75, 3.05) is 6.54 Å². The molecule has 1 aliphatic heterocycles. The van der Waals surface area contributed by atoms with Crippen molar-refractivity contribution in [3.63, 3.8) is 0 Å². The highest BCUT2D eigenvalue weighted by Gasteiger charge is 1.99. The average molecular weight is 130 g/mol. The van der Waals surface area contributed by atoms with Crippen molar-refractivity contribution in [3.8, 4) is 6.07 Å². The van der Waals surface area contributed by atoms with Gasteiger partial charge in [0.05, 0.1) is 12.5 Å². The van der Waals surface area contributed by atoms with Gasteiger partial charge in [0.1, 0.15) is 7.85 Å². The molecule has 1 rings (SSSR count). The molecule has 0 atom stereocenters. The molecule has 2 nitrogen and oxygen atoms in total. The summed E-state index contributed by atoms with van der Waals surface area (Å²) >= 11 is 0. The summed E-state index contributed by atoms with van der Waals surface area (Å²) in [6.45, 7) is 0.744. The topological polar surface area (TPSA) is 35.8 Å². The lowest BCUT2D eigenvalue weighted by molar-refractivity contribution is 0.894. The van der Waals surface area contributed by atoms with Crippen molar-refractivity contribution < 1.29 is 0 Å². The van der Waals surface area contributed by atoms with Crippen molar-refractivity contribution in [1.82, 2.24) is 5.32 Å². The SMILES string of the molecule is [B]C1=CNCC(CC#N)=C1. The first kappa shape index (κ1) is 6.95. The third-order valence-corrected chi connectivity index (χ3v) is 1.27. The van der Waals surface area contributed by atoms with Crippen LogP contribution in [0.2, 0.25) is 0 Å². The van der Waals surface area contributed by atoms with Gasteiger partial charge in [-0.05, 0) is 11.8 Å². The van der Waals surface area contributed by atoms with Gasteiger partial charge in [-0.25, -0.2) is 0 Å². The Bertz CT molecular complexity index is 222. The second-order valence-corrected chi connectivity index (χ2v) is 2.16. The van der Waals surface area contributed by atoms with E-state index in [0.717, 1.165) is 12.1 Å². The molecule has 0 unspecified atom stereocenters. The number of hydrogen-bond donors (Lipinski definition) is 1. The maximum atomic E-state index is 8.33. The van der Waals surface area contributed by atoms with Gasteiger partial charge in [-0.15, -0.1) is 0 Å². The van der Waals surface area contributed by atoms with Crippen molar-refractivity contribution >= 4 is 7.85 Å². The number of allylic oxidation sites excluding steroid dienone is 2. The van der Waals surface area contributed by atoms with Crippen molar-refractivity contribution in [3.05, 3.63) is 23.3 Å².